The van der Waals surface area contributed by atoms with Gasteiger partial charge in [0.15, 0.2) is 0 Å². The molecule has 0 aliphatic carbocycles. The molecule has 0 spiro atoms. The summed E-state index contributed by atoms with van der Waals surface area (Å²) in [4.78, 5) is 14.3. The summed E-state index contributed by atoms with van der Waals surface area (Å²) in [5.74, 6) is 0.607. The zero-order valence-corrected chi connectivity index (χ0v) is 19.7. The number of carbonyl (C=O) groups is 1. The maximum absolute atomic E-state index is 13.2. The fourth-order valence-electron chi connectivity index (χ4n) is 3.37. The van der Waals surface area contributed by atoms with E-state index in [-0.39, 0.29) is 18.2 Å². The zero-order chi connectivity index (χ0) is 24.6. The van der Waals surface area contributed by atoms with Crippen molar-refractivity contribution in [3.63, 3.8) is 0 Å². The molecule has 10 heteroatoms. The van der Waals surface area contributed by atoms with Crippen LogP contribution in [0.3, 0.4) is 0 Å². The number of nitrogens with one attached hydrogen (secondary N) is 1. The van der Waals surface area contributed by atoms with Crippen molar-refractivity contribution >= 4 is 27.3 Å². The molecular weight excluding hydrogens is 457 g/mol. The number of alkyl halides is 3. The van der Waals surface area contributed by atoms with Crippen LogP contribution in [0.2, 0.25) is 0 Å². The van der Waals surface area contributed by atoms with Crippen LogP contribution in [-0.4, -0.2) is 27.5 Å². The molecule has 180 valence electrons. The summed E-state index contributed by atoms with van der Waals surface area (Å²) < 4.78 is 72.8. The second kappa shape index (κ2) is 8.89. The molecule has 33 heavy (non-hydrogen) atoms. The molecule has 6 nitrogen and oxygen atoms in total. The molecular formula is C23H27F3N2O4S. The molecule has 1 aliphatic heterocycles. The van der Waals surface area contributed by atoms with Crippen LogP contribution in [0.5, 0.6) is 5.75 Å². The topological polar surface area (TPSA) is 75.7 Å². The molecule has 1 heterocycles. The lowest BCUT2D eigenvalue weighted by molar-refractivity contribution is -0.137. The van der Waals surface area contributed by atoms with Gasteiger partial charge in [-0.25, -0.2) is 8.42 Å². The van der Waals surface area contributed by atoms with Gasteiger partial charge in [-0.05, 0) is 62.6 Å². The van der Waals surface area contributed by atoms with E-state index < -0.39 is 32.1 Å². The first-order valence-electron chi connectivity index (χ1n) is 10.5. The second-order valence-corrected chi connectivity index (χ2v) is 10.8. The first-order valence-corrected chi connectivity index (χ1v) is 12.0. The Morgan fingerprint density at radius 2 is 1.85 bits per heavy atom. The van der Waals surface area contributed by atoms with E-state index in [9.17, 15) is 26.4 Å². The van der Waals surface area contributed by atoms with Crippen molar-refractivity contribution in [3.05, 3.63) is 48.0 Å². The van der Waals surface area contributed by atoms with Crippen LogP contribution in [0, 0.1) is 11.3 Å². The minimum atomic E-state index is -4.67. The second-order valence-electron chi connectivity index (χ2n) is 9.13. The van der Waals surface area contributed by atoms with Crippen molar-refractivity contribution in [1.82, 2.24) is 0 Å². The standard InChI is InChI=1S/C23H27F3N2O4S/c1-15(2)10-11-28-19-13-17(8-9-20(19)32-14-22(3,4)21(28)29)27-33(30,31)18-7-5-6-16(12-18)23(24,25)26/h5-9,12-13,15,27H,10-11,14H2,1-4H3. The summed E-state index contributed by atoms with van der Waals surface area (Å²) in [6, 6.07) is 7.99. The number of rotatable bonds is 6. The lowest BCUT2D eigenvalue weighted by Crippen LogP contribution is -2.42. The number of hydrogen-bond donors (Lipinski definition) is 1. The molecule has 0 saturated heterocycles. The molecule has 0 bridgehead atoms. The van der Waals surface area contributed by atoms with Crippen molar-refractivity contribution in [2.24, 2.45) is 11.3 Å². The average Bonchev–Trinajstić information content (AvgIpc) is 2.80. The van der Waals surface area contributed by atoms with E-state index in [1.54, 1.807) is 24.8 Å². The van der Waals surface area contributed by atoms with E-state index in [0.717, 1.165) is 24.6 Å². The van der Waals surface area contributed by atoms with Crippen molar-refractivity contribution in [2.45, 2.75) is 45.2 Å². The van der Waals surface area contributed by atoms with Crippen LogP contribution >= 0.6 is 0 Å². The van der Waals surface area contributed by atoms with Gasteiger partial charge in [0, 0.05) is 6.54 Å². The van der Waals surface area contributed by atoms with Crippen molar-refractivity contribution < 1.29 is 31.1 Å². The first kappa shape index (κ1) is 24.9. The third-order valence-corrected chi connectivity index (χ3v) is 6.70. The van der Waals surface area contributed by atoms with Crippen LogP contribution in [0.1, 0.15) is 39.7 Å². The van der Waals surface area contributed by atoms with Crippen molar-refractivity contribution in [3.8, 4) is 5.75 Å². The Labute approximate surface area is 191 Å². The van der Waals surface area contributed by atoms with Crippen molar-refractivity contribution in [1.29, 1.82) is 0 Å². The number of sulfonamides is 1. The van der Waals surface area contributed by atoms with E-state index in [2.05, 4.69) is 4.72 Å². The Bertz CT molecular complexity index is 1140. The van der Waals surface area contributed by atoms with Crippen LogP contribution < -0.4 is 14.4 Å². The monoisotopic (exact) mass is 484 g/mol. The Hall–Kier alpha value is -2.75. The van der Waals surface area contributed by atoms with Crippen molar-refractivity contribution in [2.75, 3.05) is 22.8 Å². The van der Waals surface area contributed by atoms with Gasteiger partial charge in [0.05, 0.1) is 27.2 Å². The molecule has 0 fully saturated rings. The molecule has 2 aromatic rings. The highest BCUT2D eigenvalue weighted by molar-refractivity contribution is 7.92. The number of ether oxygens (including phenoxy) is 1. The minimum Gasteiger partial charge on any atom is -0.490 e. The van der Waals surface area contributed by atoms with Crippen LogP contribution in [0.4, 0.5) is 24.5 Å². The molecule has 0 aromatic heterocycles. The third-order valence-electron chi connectivity index (χ3n) is 5.32. The molecule has 2 aromatic carbocycles. The number of benzene rings is 2. The highest BCUT2D eigenvalue weighted by Crippen LogP contribution is 2.39. The SMILES string of the molecule is CC(C)CCN1C(=O)C(C)(C)COc2ccc(NS(=O)(=O)c3cccc(C(F)(F)F)c3)cc21. The highest BCUT2D eigenvalue weighted by atomic mass is 32.2. The van der Waals surface area contributed by atoms with Gasteiger partial charge >= 0.3 is 6.18 Å². The fraction of sp³-hybridized carbons (Fsp3) is 0.435. The molecule has 3 rings (SSSR count). The summed E-state index contributed by atoms with van der Waals surface area (Å²) in [6.07, 6.45) is -3.95. The number of carbonyl (C=O) groups excluding carboxylic acids is 1. The third kappa shape index (κ3) is 5.61. The minimum absolute atomic E-state index is 0.108. The summed E-state index contributed by atoms with van der Waals surface area (Å²) in [6.45, 7) is 8.20. The Balaban J connectivity index is 1.97. The highest BCUT2D eigenvalue weighted by Gasteiger charge is 2.38. The smallest absolute Gasteiger partial charge is 0.416 e. The number of fused-ring (bicyclic) bond motifs is 1. The van der Waals surface area contributed by atoms with Gasteiger partial charge in [-0.2, -0.15) is 13.2 Å². The average molecular weight is 485 g/mol. The Kier molecular flexibility index (Phi) is 6.70. The maximum atomic E-state index is 13.2. The number of anilines is 2. The molecule has 1 N–H and O–H groups in total. The normalized spacial score (nSPS) is 16.2. The van der Waals surface area contributed by atoms with Gasteiger partial charge in [0.2, 0.25) is 5.91 Å². The number of halogens is 3. The number of hydrogen-bond acceptors (Lipinski definition) is 4. The molecule has 0 saturated carbocycles. The first-order chi connectivity index (χ1) is 15.2. The summed E-state index contributed by atoms with van der Waals surface area (Å²) in [5.41, 5.74) is -1.33. The van der Waals surface area contributed by atoms with Gasteiger partial charge in [-0.15, -0.1) is 0 Å². The van der Waals surface area contributed by atoms with Gasteiger partial charge in [-0.3, -0.25) is 9.52 Å². The summed E-state index contributed by atoms with van der Waals surface area (Å²) in [5, 5.41) is 0. The van der Waals surface area contributed by atoms with E-state index in [1.807, 2.05) is 13.8 Å². The van der Waals surface area contributed by atoms with Crippen LogP contribution in [-0.2, 0) is 21.0 Å². The summed E-state index contributed by atoms with van der Waals surface area (Å²) >= 11 is 0. The van der Waals surface area contributed by atoms with Gasteiger partial charge < -0.3 is 9.64 Å². The molecule has 1 amide bonds. The predicted octanol–water partition coefficient (Wildman–Crippen LogP) is 5.30. The molecule has 0 atom stereocenters. The lowest BCUT2D eigenvalue weighted by atomic mass is 9.92. The van der Waals surface area contributed by atoms with E-state index >= 15 is 0 Å². The quantitative estimate of drug-likeness (QED) is 0.604. The molecule has 1 aliphatic rings. The molecule has 0 radical (unpaired) electrons. The Morgan fingerprint density at radius 3 is 2.48 bits per heavy atom. The van der Waals surface area contributed by atoms with Gasteiger partial charge in [0.25, 0.3) is 10.0 Å². The summed E-state index contributed by atoms with van der Waals surface area (Å²) in [7, 11) is -4.31. The lowest BCUT2D eigenvalue weighted by Gasteiger charge is -2.28. The van der Waals surface area contributed by atoms with Gasteiger partial charge in [0.1, 0.15) is 12.4 Å². The number of nitrogens with zero attached hydrogens (tertiary/aromatic N) is 1. The fourth-order valence-corrected chi connectivity index (χ4v) is 4.47. The largest absolute Gasteiger partial charge is 0.490 e. The van der Waals surface area contributed by atoms with Crippen LogP contribution in [0.15, 0.2) is 47.4 Å². The van der Waals surface area contributed by atoms with E-state index in [4.69, 9.17) is 4.74 Å². The predicted molar refractivity (Wildman–Crippen MR) is 120 cm³/mol. The number of amides is 1. The molecule has 0 unspecified atom stereocenters. The van der Waals surface area contributed by atoms with Crippen LogP contribution in [0.25, 0.3) is 0 Å². The van der Waals surface area contributed by atoms with E-state index in [1.165, 1.54) is 12.1 Å². The van der Waals surface area contributed by atoms with Gasteiger partial charge in [-0.1, -0.05) is 19.9 Å². The zero-order valence-electron chi connectivity index (χ0n) is 18.9. The maximum Gasteiger partial charge on any atom is 0.416 e. The van der Waals surface area contributed by atoms with E-state index in [0.29, 0.717) is 30.0 Å². The Morgan fingerprint density at radius 1 is 1.15 bits per heavy atom.